The molecule has 0 saturated carbocycles. The molecule has 0 spiro atoms. The monoisotopic (exact) mass is 517 g/mol. The molecule has 0 aliphatic carbocycles. The van der Waals surface area contributed by atoms with Crippen molar-refractivity contribution in [2.24, 2.45) is 0 Å². The van der Waals surface area contributed by atoms with E-state index in [1.165, 1.54) is 11.3 Å². The zero-order valence-electron chi connectivity index (χ0n) is 19.8. The minimum absolute atomic E-state index is 0.149. The van der Waals surface area contributed by atoms with Crippen LogP contribution >= 0.6 is 22.9 Å². The van der Waals surface area contributed by atoms with Gasteiger partial charge in [-0.1, -0.05) is 55.3 Å². The van der Waals surface area contributed by atoms with Crippen LogP contribution in [0.3, 0.4) is 0 Å². The normalized spacial score (nSPS) is 11.2. The minimum atomic E-state index is -0.247. The fraction of sp³-hybridized carbons (Fsp3) is 0.185. The maximum atomic E-state index is 13.6. The predicted molar refractivity (Wildman–Crippen MR) is 142 cm³/mol. The van der Waals surface area contributed by atoms with Crippen LogP contribution in [0, 0.1) is 6.92 Å². The number of hydrogen-bond acceptors (Lipinski definition) is 5. The first-order chi connectivity index (χ1) is 17.5. The number of halogens is 1. The second kappa shape index (κ2) is 10.1. The lowest BCUT2D eigenvalue weighted by Crippen LogP contribution is -2.25. The van der Waals surface area contributed by atoms with E-state index in [0.29, 0.717) is 33.5 Å². The Morgan fingerprint density at radius 3 is 2.61 bits per heavy atom. The van der Waals surface area contributed by atoms with Gasteiger partial charge in [0.25, 0.3) is 5.91 Å². The van der Waals surface area contributed by atoms with Gasteiger partial charge in [0.2, 0.25) is 0 Å². The SMILES string of the molecule is CCCc1cc(C(=O)c2ccccc2Cl)c(-n2c(C)nnc2CNC(=O)c2cc3ccccc3[nH]2)s1. The van der Waals surface area contributed by atoms with Crippen molar-refractivity contribution in [3.63, 3.8) is 0 Å². The number of nitrogens with one attached hydrogen (secondary N) is 2. The largest absolute Gasteiger partial charge is 0.351 e. The van der Waals surface area contributed by atoms with Gasteiger partial charge >= 0.3 is 0 Å². The first kappa shape index (κ1) is 24.0. The van der Waals surface area contributed by atoms with Crippen LogP contribution in [0.2, 0.25) is 5.02 Å². The molecule has 7 nitrogen and oxygen atoms in total. The number of nitrogens with zero attached hydrogens (tertiary/aromatic N) is 3. The maximum Gasteiger partial charge on any atom is 0.268 e. The molecule has 5 rings (SSSR count). The van der Waals surface area contributed by atoms with Gasteiger partial charge in [-0.25, -0.2) is 0 Å². The summed E-state index contributed by atoms with van der Waals surface area (Å²) in [4.78, 5) is 30.6. The molecule has 0 bridgehead atoms. The summed E-state index contributed by atoms with van der Waals surface area (Å²) in [5, 5.41) is 13.6. The van der Waals surface area contributed by atoms with Gasteiger partial charge in [-0.15, -0.1) is 21.5 Å². The van der Waals surface area contributed by atoms with Crippen molar-refractivity contribution in [1.82, 2.24) is 25.1 Å². The number of benzene rings is 2. The Bertz CT molecular complexity index is 1550. The lowest BCUT2D eigenvalue weighted by Gasteiger charge is -2.10. The van der Waals surface area contributed by atoms with Crippen molar-refractivity contribution < 1.29 is 9.59 Å². The fourth-order valence-electron chi connectivity index (χ4n) is 4.16. The number of ketones is 1. The van der Waals surface area contributed by atoms with E-state index in [0.717, 1.165) is 33.6 Å². The van der Waals surface area contributed by atoms with Crippen LogP contribution in [0.15, 0.2) is 60.7 Å². The van der Waals surface area contributed by atoms with Gasteiger partial charge in [0.15, 0.2) is 11.6 Å². The molecule has 0 aliphatic heterocycles. The third-order valence-electron chi connectivity index (χ3n) is 5.90. The van der Waals surface area contributed by atoms with E-state index in [-0.39, 0.29) is 18.2 Å². The zero-order chi connectivity index (χ0) is 25.2. The van der Waals surface area contributed by atoms with Gasteiger partial charge in [0.05, 0.1) is 17.1 Å². The summed E-state index contributed by atoms with van der Waals surface area (Å²) in [5.41, 5.74) is 2.35. The summed E-state index contributed by atoms with van der Waals surface area (Å²) in [6, 6.07) is 18.5. The Hall–Kier alpha value is -3.75. The highest BCUT2D eigenvalue weighted by atomic mass is 35.5. The van der Waals surface area contributed by atoms with Crippen LogP contribution in [0.5, 0.6) is 0 Å². The Morgan fingerprint density at radius 2 is 1.83 bits per heavy atom. The summed E-state index contributed by atoms with van der Waals surface area (Å²) in [5.74, 6) is 0.761. The predicted octanol–water partition coefficient (Wildman–Crippen LogP) is 5.89. The Morgan fingerprint density at radius 1 is 1.06 bits per heavy atom. The number of H-pyrrole nitrogens is 1. The second-order valence-corrected chi connectivity index (χ2v) is 9.96. The van der Waals surface area contributed by atoms with Crippen LogP contribution in [0.1, 0.15) is 56.3 Å². The average Bonchev–Trinajstić information content (AvgIpc) is 3.59. The van der Waals surface area contributed by atoms with Crippen LogP contribution in [-0.4, -0.2) is 31.4 Å². The first-order valence-corrected chi connectivity index (χ1v) is 12.8. The van der Waals surface area contributed by atoms with Gasteiger partial charge < -0.3 is 10.3 Å². The molecule has 0 fully saturated rings. The molecular formula is C27H24ClN5O2S. The Labute approximate surface area is 217 Å². The summed E-state index contributed by atoms with van der Waals surface area (Å²) in [6.45, 7) is 4.08. The number of rotatable bonds is 8. The van der Waals surface area contributed by atoms with Crippen LogP contribution < -0.4 is 5.32 Å². The van der Waals surface area contributed by atoms with Crippen LogP contribution in [0.25, 0.3) is 15.9 Å². The Kier molecular flexibility index (Phi) is 6.71. The first-order valence-electron chi connectivity index (χ1n) is 11.7. The summed E-state index contributed by atoms with van der Waals surface area (Å²) in [6.07, 6.45) is 1.80. The number of aromatic amines is 1. The highest BCUT2D eigenvalue weighted by molar-refractivity contribution is 7.15. The average molecular weight is 518 g/mol. The van der Waals surface area contributed by atoms with E-state index in [4.69, 9.17) is 11.6 Å². The molecule has 1 amide bonds. The van der Waals surface area contributed by atoms with Gasteiger partial charge in [-0.05, 0) is 43.7 Å². The Balaban J connectivity index is 1.47. The molecule has 0 atom stereocenters. The summed E-state index contributed by atoms with van der Waals surface area (Å²) < 4.78 is 1.85. The second-order valence-electron chi connectivity index (χ2n) is 8.44. The van der Waals surface area contributed by atoms with Crippen LogP contribution in [-0.2, 0) is 13.0 Å². The maximum absolute atomic E-state index is 13.6. The van der Waals surface area contributed by atoms with Gasteiger partial charge in [0.1, 0.15) is 16.5 Å². The molecule has 5 aromatic rings. The van der Waals surface area contributed by atoms with Gasteiger partial charge in [-0.2, -0.15) is 0 Å². The van der Waals surface area contributed by atoms with Gasteiger partial charge in [0, 0.05) is 21.3 Å². The number of hydrogen-bond donors (Lipinski definition) is 2. The molecule has 3 heterocycles. The smallest absolute Gasteiger partial charge is 0.268 e. The number of para-hydroxylation sites is 1. The zero-order valence-corrected chi connectivity index (χ0v) is 21.4. The third-order valence-corrected chi connectivity index (χ3v) is 7.41. The van der Waals surface area contributed by atoms with Crippen molar-refractivity contribution in [2.45, 2.75) is 33.2 Å². The highest BCUT2D eigenvalue weighted by Crippen LogP contribution is 2.32. The van der Waals surface area contributed by atoms with E-state index in [1.54, 1.807) is 24.3 Å². The van der Waals surface area contributed by atoms with E-state index in [1.807, 2.05) is 47.9 Å². The molecule has 0 aliphatic rings. The van der Waals surface area contributed by atoms with Crippen molar-refractivity contribution >= 4 is 45.5 Å². The molecule has 9 heteroatoms. The highest BCUT2D eigenvalue weighted by Gasteiger charge is 2.24. The number of amides is 1. The molecular weight excluding hydrogens is 494 g/mol. The molecule has 3 aromatic heterocycles. The topological polar surface area (TPSA) is 92.7 Å². The molecule has 0 unspecified atom stereocenters. The van der Waals surface area contributed by atoms with Gasteiger partial charge in [-0.3, -0.25) is 14.2 Å². The van der Waals surface area contributed by atoms with Crippen molar-refractivity contribution in [1.29, 1.82) is 0 Å². The molecule has 0 radical (unpaired) electrons. The standard InChI is InChI=1S/C27H24ClN5O2S/c1-3-8-18-14-20(25(34)19-10-5-6-11-21(19)28)27(36-18)33-16(2)31-32-24(33)15-29-26(35)23-13-17-9-4-7-12-22(17)30-23/h4-7,9-14,30H,3,8,15H2,1-2H3,(H,29,35). The van der Waals surface area contributed by atoms with E-state index in [9.17, 15) is 9.59 Å². The quantitative estimate of drug-likeness (QED) is 0.251. The number of aryl methyl sites for hydroxylation is 2. The van der Waals surface area contributed by atoms with Crippen molar-refractivity contribution in [2.75, 3.05) is 0 Å². The molecule has 2 N–H and O–H groups in total. The van der Waals surface area contributed by atoms with Crippen molar-refractivity contribution in [3.8, 4) is 5.00 Å². The number of carbonyl (C=O) groups excluding carboxylic acids is 2. The summed E-state index contributed by atoms with van der Waals surface area (Å²) >= 11 is 7.88. The lowest BCUT2D eigenvalue weighted by atomic mass is 10.0. The number of fused-ring (bicyclic) bond motifs is 1. The fourth-order valence-corrected chi connectivity index (χ4v) is 5.70. The minimum Gasteiger partial charge on any atom is -0.351 e. The van der Waals surface area contributed by atoms with Crippen LogP contribution in [0.4, 0.5) is 0 Å². The molecule has 36 heavy (non-hydrogen) atoms. The molecule has 2 aromatic carbocycles. The lowest BCUT2D eigenvalue weighted by molar-refractivity contribution is 0.0944. The van der Waals surface area contributed by atoms with E-state index in [2.05, 4.69) is 27.4 Å². The molecule has 182 valence electrons. The number of thiophene rings is 1. The number of aromatic nitrogens is 4. The van der Waals surface area contributed by atoms with E-state index < -0.39 is 0 Å². The third kappa shape index (κ3) is 4.57. The molecule has 0 saturated heterocycles. The summed E-state index contributed by atoms with van der Waals surface area (Å²) in [7, 11) is 0. The van der Waals surface area contributed by atoms with E-state index >= 15 is 0 Å². The number of carbonyl (C=O) groups is 2. The van der Waals surface area contributed by atoms with Crippen molar-refractivity contribution in [3.05, 3.63) is 99.0 Å².